The fraction of sp³-hybridized carbons (Fsp3) is 0.467. The lowest BCUT2D eigenvalue weighted by Gasteiger charge is -2.17. The standard InChI is InChI=1S/C15H19N3O2S/c1-17(2)14(19)10-6-7-18(9-10)15-16-12-8-11(20-3)4-5-13(12)21-15/h4-5,8,10H,6-7,9H2,1-3H3. The lowest BCUT2D eigenvalue weighted by Crippen LogP contribution is -2.31. The fourth-order valence-corrected chi connectivity index (χ4v) is 3.64. The van der Waals surface area contributed by atoms with Crippen LogP contribution in [0.15, 0.2) is 18.2 Å². The Bertz CT molecular complexity index is 668. The molecule has 0 radical (unpaired) electrons. The maximum Gasteiger partial charge on any atom is 0.227 e. The van der Waals surface area contributed by atoms with Crippen LogP contribution < -0.4 is 9.64 Å². The number of methoxy groups -OCH3 is 1. The molecule has 0 N–H and O–H groups in total. The van der Waals surface area contributed by atoms with Crippen LogP contribution in [0.25, 0.3) is 10.2 Å². The number of aromatic nitrogens is 1. The van der Waals surface area contributed by atoms with Gasteiger partial charge < -0.3 is 14.5 Å². The minimum Gasteiger partial charge on any atom is -0.497 e. The summed E-state index contributed by atoms with van der Waals surface area (Å²) in [4.78, 5) is 20.6. The lowest BCUT2D eigenvalue weighted by atomic mass is 10.1. The van der Waals surface area contributed by atoms with E-state index in [1.807, 2.05) is 32.3 Å². The second-order valence-electron chi connectivity index (χ2n) is 5.49. The molecule has 0 aliphatic carbocycles. The molecule has 0 bridgehead atoms. The number of carbonyl (C=O) groups excluding carboxylic acids is 1. The summed E-state index contributed by atoms with van der Waals surface area (Å²) in [6.45, 7) is 1.65. The van der Waals surface area contributed by atoms with E-state index in [9.17, 15) is 4.79 Å². The third kappa shape index (κ3) is 2.68. The van der Waals surface area contributed by atoms with Gasteiger partial charge in [-0.2, -0.15) is 0 Å². The first-order chi connectivity index (χ1) is 10.1. The monoisotopic (exact) mass is 305 g/mol. The van der Waals surface area contributed by atoms with Crippen LogP contribution >= 0.6 is 11.3 Å². The van der Waals surface area contributed by atoms with Crippen LogP contribution in [0, 0.1) is 5.92 Å². The van der Waals surface area contributed by atoms with E-state index >= 15 is 0 Å². The van der Waals surface area contributed by atoms with Gasteiger partial charge in [0.05, 0.1) is 23.2 Å². The van der Waals surface area contributed by atoms with Crippen molar-refractivity contribution >= 4 is 32.6 Å². The summed E-state index contributed by atoms with van der Waals surface area (Å²) >= 11 is 1.67. The highest BCUT2D eigenvalue weighted by atomic mass is 32.1. The summed E-state index contributed by atoms with van der Waals surface area (Å²) < 4.78 is 6.38. The molecule has 6 heteroatoms. The Morgan fingerprint density at radius 1 is 1.48 bits per heavy atom. The second kappa shape index (κ2) is 5.52. The normalized spacial score (nSPS) is 18.2. The highest BCUT2D eigenvalue weighted by molar-refractivity contribution is 7.22. The van der Waals surface area contributed by atoms with Crippen molar-refractivity contribution in [3.05, 3.63) is 18.2 Å². The minimum absolute atomic E-state index is 0.0848. The third-order valence-electron chi connectivity index (χ3n) is 3.83. The molecule has 1 atom stereocenters. The molecule has 2 heterocycles. The highest BCUT2D eigenvalue weighted by Gasteiger charge is 2.30. The SMILES string of the molecule is COc1ccc2sc(N3CCC(C(=O)N(C)C)C3)nc2c1. The molecule has 1 aromatic carbocycles. The topological polar surface area (TPSA) is 45.7 Å². The first kappa shape index (κ1) is 14.1. The minimum atomic E-state index is 0.0848. The number of carbonyl (C=O) groups is 1. The van der Waals surface area contributed by atoms with E-state index in [-0.39, 0.29) is 11.8 Å². The van der Waals surface area contributed by atoms with E-state index in [1.165, 1.54) is 0 Å². The lowest BCUT2D eigenvalue weighted by molar-refractivity contribution is -0.132. The van der Waals surface area contributed by atoms with Crippen molar-refractivity contribution in [3.8, 4) is 5.75 Å². The van der Waals surface area contributed by atoms with E-state index in [0.29, 0.717) is 0 Å². The van der Waals surface area contributed by atoms with Crippen molar-refractivity contribution in [1.82, 2.24) is 9.88 Å². The third-order valence-corrected chi connectivity index (χ3v) is 4.93. The summed E-state index contributed by atoms with van der Waals surface area (Å²) in [6.07, 6.45) is 0.899. The molecule has 0 spiro atoms. The van der Waals surface area contributed by atoms with Crippen molar-refractivity contribution in [2.24, 2.45) is 5.92 Å². The second-order valence-corrected chi connectivity index (χ2v) is 6.50. The average Bonchev–Trinajstić information content (AvgIpc) is 3.11. The number of hydrogen-bond acceptors (Lipinski definition) is 5. The summed E-state index contributed by atoms with van der Waals surface area (Å²) in [7, 11) is 5.29. The van der Waals surface area contributed by atoms with Crippen LogP contribution in [0.5, 0.6) is 5.75 Å². The molecule has 3 rings (SSSR count). The summed E-state index contributed by atoms with van der Waals surface area (Å²) in [6, 6.07) is 5.94. The largest absolute Gasteiger partial charge is 0.497 e. The van der Waals surface area contributed by atoms with Gasteiger partial charge >= 0.3 is 0 Å². The fourth-order valence-electron chi connectivity index (χ4n) is 2.66. The van der Waals surface area contributed by atoms with E-state index in [1.54, 1.807) is 23.3 Å². The van der Waals surface area contributed by atoms with E-state index in [4.69, 9.17) is 4.74 Å². The van der Waals surface area contributed by atoms with Crippen LogP contribution in [-0.4, -0.2) is 50.1 Å². The Hall–Kier alpha value is -1.82. The predicted molar refractivity (Wildman–Crippen MR) is 85.2 cm³/mol. The Morgan fingerprint density at radius 2 is 2.29 bits per heavy atom. The zero-order valence-electron chi connectivity index (χ0n) is 12.5. The van der Waals surface area contributed by atoms with Gasteiger partial charge in [0.15, 0.2) is 5.13 Å². The molecule has 5 nitrogen and oxygen atoms in total. The van der Waals surface area contributed by atoms with Crippen LogP contribution in [0.1, 0.15) is 6.42 Å². The van der Waals surface area contributed by atoms with Crippen LogP contribution in [0.4, 0.5) is 5.13 Å². The van der Waals surface area contributed by atoms with Gasteiger partial charge in [-0.25, -0.2) is 4.98 Å². The number of nitrogens with zero attached hydrogens (tertiary/aromatic N) is 3. The number of hydrogen-bond donors (Lipinski definition) is 0. The number of rotatable bonds is 3. The van der Waals surface area contributed by atoms with Gasteiger partial charge in [0.25, 0.3) is 0 Å². The van der Waals surface area contributed by atoms with Gasteiger partial charge in [0.1, 0.15) is 5.75 Å². The molecule has 21 heavy (non-hydrogen) atoms. The van der Waals surface area contributed by atoms with E-state index in [0.717, 1.165) is 40.6 Å². The molecule has 1 aliphatic rings. The van der Waals surface area contributed by atoms with Crippen molar-refractivity contribution in [3.63, 3.8) is 0 Å². The number of anilines is 1. The van der Waals surface area contributed by atoms with Crippen LogP contribution in [0.3, 0.4) is 0 Å². The maximum atomic E-state index is 12.0. The molecular weight excluding hydrogens is 286 g/mol. The van der Waals surface area contributed by atoms with Gasteiger partial charge in [-0.05, 0) is 18.6 Å². The molecule has 1 aromatic heterocycles. The first-order valence-electron chi connectivity index (χ1n) is 6.99. The van der Waals surface area contributed by atoms with Crippen molar-refractivity contribution < 1.29 is 9.53 Å². The van der Waals surface area contributed by atoms with Crippen LogP contribution in [0.2, 0.25) is 0 Å². The predicted octanol–water partition coefficient (Wildman–Crippen LogP) is 2.22. The number of ether oxygens (including phenoxy) is 1. The molecule has 1 fully saturated rings. The van der Waals surface area contributed by atoms with Crippen molar-refractivity contribution in [2.75, 3.05) is 39.2 Å². The molecule has 112 valence electrons. The number of fused-ring (bicyclic) bond motifs is 1. The molecule has 1 amide bonds. The molecule has 1 aliphatic heterocycles. The molecule has 1 unspecified atom stereocenters. The first-order valence-corrected chi connectivity index (χ1v) is 7.81. The average molecular weight is 305 g/mol. The molecule has 0 saturated carbocycles. The maximum absolute atomic E-state index is 12.0. The van der Waals surface area contributed by atoms with Gasteiger partial charge in [0.2, 0.25) is 5.91 Å². The van der Waals surface area contributed by atoms with E-state index in [2.05, 4.69) is 9.88 Å². The highest BCUT2D eigenvalue weighted by Crippen LogP contribution is 2.33. The Labute approximate surface area is 128 Å². The molecule has 1 saturated heterocycles. The molecular formula is C15H19N3O2S. The summed E-state index contributed by atoms with van der Waals surface area (Å²) in [5.74, 6) is 1.11. The zero-order chi connectivity index (χ0) is 15.0. The van der Waals surface area contributed by atoms with Gasteiger partial charge in [-0.15, -0.1) is 0 Å². The Kier molecular flexibility index (Phi) is 3.71. The smallest absolute Gasteiger partial charge is 0.227 e. The van der Waals surface area contributed by atoms with Crippen molar-refractivity contribution in [2.45, 2.75) is 6.42 Å². The Morgan fingerprint density at radius 3 is 3.00 bits per heavy atom. The number of benzene rings is 1. The van der Waals surface area contributed by atoms with E-state index < -0.39 is 0 Å². The summed E-state index contributed by atoms with van der Waals surface area (Å²) in [5.41, 5.74) is 0.955. The van der Waals surface area contributed by atoms with Crippen LogP contribution in [-0.2, 0) is 4.79 Å². The van der Waals surface area contributed by atoms with Crippen molar-refractivity contribution in [1.29, 1.82) is 0 Å². The number of amides is 1. The van der Waals surface area contributed by atoms with Gasteiger partial charge in [-0.3, -0.25) is 4.79 Å². The zero-order valence-corrected chi connectivity index (χ0v) is 13.3. The molecule has 2 aromatic rings. The quantitative estimate of drug-likeness (QED) is 0.872. The van der Waals surface area contributed by atoms with Gasteiger partial charge in [-0.1, -0.05) is 11.3 Å². The van der Waals surface area contributed by atoms with Gasteiger partial charge in [0, 0.05) is 33.3 Å². The Balaban J connectivity index is 1.80. The summed E-state index contributed by atoms with van der Waals surface area (Å²) in [5, 5.41) is 0.993. The number of thiazole rings is 1.